The van der Waals surface area contributed by atoms with Crippen molar-refractivity contribution in [3.8, 4) is 17.0 Å². The summed E-state index contributed by atoms with van der Waals surface area (Å²) in [4.78, 5) is 8.78. The van der Waals surface area contributed by atoms with Gasteiger partial charge in [0.2, 0.25) is 5.88 Å². The molecule has 2 aromatic carbocycles. The zero-order chi connectivity index (χ0) is 20.1. The van der Waals surface area contributed by atoms with Crippen LogP contribution in [0.2, 0.25) is 0 Å². The van der Waals surface area contributed by atoms with Gasteiger partial charge >= 0.3 is 6.18 Å². The lowest BCUT2D eigenvalue weighted by atomic mass is 10.0. The second-order valence-corrected chi connectivity index (χ2v) is 5.92. The van der Waals surface area contributed by atoms with Crippen molar-refractivity contribution in [2.75, 3.05) is 0 Å². The van der Waals surface area contributed by atoms with E-state index in [0.717, 1.165) is 23.3 Å². The van der Waals surface area contributed by atoms with Gasteiger partial charge in [0.1, 0.15) is 5.82 Å². The van der Waals surface area contributed by atoms with Crippen molar-refractivity contribution in [2.45, 2.75) is 19.5 Å². The number of oxime groups is 1. The van der Waals surface area contributed by atoms with Crippen molar-refractivity contribution in [2.24, 2.45) is 5.16 Å². The van der Waals surface area contributed by atoms with Crippen molar-refractivity contribution in [3.63, 3.8) is 0 Å². The summed E-state index contributed by atoms with van der Waals surface area (Å²) in [6.07, 6.45) is -3.23. The van der Waals surface area contributed by atoms with Crippen LogP contribution in [-0.4, -0.2) is 10.7 Å². The second-order valence-electron chi connectivity index (χ2n) is 5.92. The van der Waals surface area contributed by atoms with Crippen LogP contribution in [0.1, 0.15) is 24.5 Å². The molecule has 0 spiro atoms. The molecule has 0 atom stereocenters. The summed E-state index contributed by atoms with van der Waals surface area (Å²) in [7, 11) is 0. The largest absolute Gasteiger partial charge is 0.417 e. The van der Waals surface area contributed by atoms with Gasteiger partial charge in [-0.3, -0.25) is 0 Å². The Morgan fingerprint density at radius 2 is 1.71 bits per heavy atom. The molecule has 0 unspecified atom stereocenters. The molecule has 3 rings (SSSR count). The van der Waals surface area contributed by atoms with E-state index < -0.39 is 11.7 Å². The third-order valence-corrected chi connectivity index (χ3v) is 4.05. The van der Waals surface area contributed by atoms with E-state index in [4.69, 9.17) is 4.84 Å². The predicted molar refractivity (Wildman–Crippen MR) is 98.5 cm³/mol. The minimum absolute atomic E-state index is 0.0399. The molecule has 1 aromatic heterocycles. The summed E-state index contributed by atoms with van der Waals surface area (Å²) in [5.41, 5.74) is 1.71. The van der Waals surface area contributed by atoms with E-state index in [1.807, 2.05) is 6.92 Å². The lowest BCUT2D eigenvalue weighted by Crippen LogP contribution is -2.06. The minimum atomic E-state index is -4.46. The Bertz CT molecular complexity index is 965. The van der Waals surface area contributed by atoms with Crippen LogP contribution < -0.4 is 4.84 Å². The molecular formula is C21H16F4N2O. The van der Waals surface area contributed by atoms with Crippen LogP contribution in [-0.2, 0) is 6.18 Å². The molecule has 0 aliphatic carbocycles. The molecule has 0 bridgehead atoms. The maximum absolute atomic E-state index is 13.9. The van der Waals surface area contributed by atoms with Gasteiger partial charge in [0.15, 0.2) is 0 Å². The van der Waals surface area contributed by atoms with Gasteiger partial charge in [0.05, 0.1) is 11.3 Å². The van der Waals surface area contributed by atoms with Crippen molar-refractivity contribution in [1.82, 2.24) is 4.98 Å². The van der Waals surface area contributed by atoms with Gasteiger partial charge in [-0.1, -0.05) is 54.5 Å². The number of alkyl halides is 3. The van der Waals surface area contributed by atoms with Crippen LogP contribution in [0.3, 0.4) is 0 Å². The first kappa shape index (κ1) is 19.5. The van der Waals surface area contributed by atoms with Crippen LogP contribution in [0.5, 0.6) is 5.88 Å². The fourth-order valence-corrected chi connectivity index (χ4v) is 2.56. The molecule has 0 saturated heterocycles. The van der Waals surface area contributed by atoms with Crippen LogP contribution in [0.25, 0.3) is 11.1 Å². The Kier molecular flexibility index (Phi) is 5.73. The quantitative estimate of drug-likeness (QED) is 0.301. The third kappa shape index (κ3) is 4.54. The molecule has 1 heterocycles. The van der Waals surface area contributed by atoms with E-state index in [0.29, 0.717) is 23.9 Å². The van der Waals surface area contributed by atoms with E-state index >= 15 is 0 Å². The fourth-order valence-electron chi connectivity index (χ4n) is 2.56. The van der Waals surface area contributed by atoms with Crippen LogP contribution >= 0.6 is 0 Å². The number of rotatable bonds is 5. The molecule has 3 nitrogen and oxygen atoms in total. The zero-order valence-corrected chi connectivity index (χ0v) is 14.9. The molecule has 0 fully saturated rings. The highest BCUT2D eigenvalue weighted by molar-refractivity contribution is 6.00. The highest BCUT2D eigenvalue weighted by Crippen LogP contribution is 2.29. The Balaban J connectivity index is 1.77. The summed E-state index contributed by atoms with van der Waals surface area (Å²) < 4.78 is 51.6. The zero-order valence-electron chi connectivity index (χ0n) is 14.9. The van der Waals surface area contributed by atoms with Crippen molar-refractivity contribution >= 4 is 5.71 Å². The number of hydrogen-bond donors (Lipinski definition) is 0. The monoisotopic (exact) mass is 388 g/mol. The van der Waals surface area contributed by atoms with E-state index in [9.17, 15) is 17.6 Å². The fraction of sp³-hybridized carbons (Fsp3) is 0.143. The van der Waals surface area contributed by atoms with Crippen LogP contribution in [0, 0.1) is 5.82 Å². The minimum Gasteiger partial charge on any atom is -0.336 e. The third-order valence-electron chi connectivity index (χ3n) is 4.05. The summed E-state index contributed by atoms with van der Waals surface area (Å²) in [6, 6.07) is 15.6. The summed E-state index contributed by atoms with van der Waals surface area (Å²) in [5, 5.41) is 3.99. The molecule has 0 amide bonds. The Morgan fingerprint density at radius 3 is 2.29 bits per heavy atom. The normalized spacial score (nSPS) is 12.1. The molecule has 144 valence electrons. The van der Waals surface area contributed by atoms with Crippen LogP contribution in [0.15, 0.2) is 72.0 Å². The van der Waals surface area contributed by atoms with Gasteiger partial charge in [-0.2, -0.15) is 13.2 Å². The van der Waals surface area contributed by atoms with Crippen molar-refractivity contribution in [1.29, 1.82) is 0 Å². The molecule has 0 N–H and O–H groups in total. The Hall–Kier alpha value is -3.22. The topological polar surface area (TPSA) is 34.5 Å². The highest BCUT2D eigenvalue weighted by Gasteiger charge is 2.30. The first-order valence-electron chi connectivity index (χ1n) is 8.51. The van der Waals surface area contributed by atoms with Gasteiger partial charge in [-0.25, -0.2) is 9.37 Å². The average molecular weight is 388 g/mol. The molecule has 0 radical (unpaired) electrons. The molecule has 28 heavy (non-hydrogen) atoms. The van der Waals surface area contributed by atoms with Gasteiger partial charge in [-0.05, 0) is 29.7 Å². The molecular weight excluding hydrogens is 372 g/mol. The van der Waals surface area contributed by atoms with E-state index in [1.165, 1.54) is 6.07 Å². The number of nitrogens with zero attached hydrogens (tertiary/aromatic N) is 2. The van der Waals surface area contributed by atoms with Gasteiger partial charge in [-0.15, -0.1) is 0 Å². The molecule has 0 saturated carbocycles. The Labute approximate surface area is 159 Å². The molecule has 7 heteroatoms. The smallest absolute Gasteiger partial charge is 0.336 e. The highest BCUT2D eigenvalue weighted by atomic mass is 19.4. The first-order valence-corrected chi connectivity index (χ1v) is 8.51. The summed E-state index contributed by atoms with van der Waals surface area (Å²) in [5.74, 6) is -0.349. The number of benzene rings is 2. The van der Waals surface area contributed by atoms with E-state index in [2.05, 4.69) is 10.1 Å². The number of hydrogen-bond acceptors (Lipinski definition) is 3. The van der Waals surface area contributed by atoms with Gasteiger partial charge in [0.25, 0.3) is 0 Å². The van der Waals surface area contributed by atoms with E-state index in [-0.39, 0.29) is 11.7 Å². The number of halogens is 4. The van der Waals surface area contributed by atoms with E-state index in [1.54, 1.807) is 42.5 Å². The number of pyridine rings is 1. The molecule has 0 aliphatic rings. The lowest BCUT2D eigenvalue weighted by Gasteiger charge is -2.08. The summed E-state index contributed by atoms with van der Waals surface area (Å²) in [6.45, 7) is 1.87. The predicted octanol–water partition coefficient (Wildman–Crippen LogP) is 6.10. The van der Waals surface area contributed by atoms with Crippen molar-refractivity contribution < 1.29 is 22.4 Å². The SMILES string of the molecule is CC/C(=N\Oc1ccc(C(F)(F)F)cn1)c1ccc(-c2ccccc2F)cc1. The average Bonchev–Trinajstić information content (AvgIpc) is 2.69. The first-order chi connectivity index (χ1) is 13.4. The Morgan fingerprint density at radius 1 is 1.00 bits per heavy atom. The lowest BCUT2D eigenvalue weighted by molar-refractivity contribution is -0.137. The molecule has 3 aromatic rings. The standard InChI is InChI=1S/C21H16F4N2O/c1-2-19(27-28-20-12-11-16(13-26-20)21(23,24)25)15-9-7-14(8-10-15)17-5-3-4-6-18(17)22/h3-13H,2H2,1H3/b27-19+. The summed E-state index contributed by atoms with van der Waals surface area (Å²) >= 11 is 0. The maximum atomic E-state index is 13.9. The molecule has 0 aliphatic heterocycles. The maximum Gasteiger partial charge on any atom is 0.417 e. The number of aromatic nitrogens is 1. The van der Waals surface area contributed by atoms with Gasteiger partial charge < -0.3 is 4.84 Å². The second kappa shape index (κ2) is 8.21. The van der Waals surface area contributed by atoms with Crippen LogP contribution in [0.4, 0.5) is 17.6 Å². The van der Waals surface area contributed by atoms with Crippen molar-refractivity contribution in [3.05, 3.63) is 83.8 Å². The van der Waals surface area contributed by atoms with Gasteiger partial charge in [0, 0.05) is 17.8 Å².